The van der Waals surface area contributed by atoms with Crippen molar-refractivity contribution >= 4 is 28.9 Å². The van der Waals surface area contributed by atoms with Crippen molar-refractivity contribution in [2.75, 3.05) is 25.5 Å². The molecule has 2 N–H and O–H groups in total. The Morgan fingerprint density at radius 2 is 2.18 bits per heavy atom. The highest BCUT2D eigenvalue weighted by Gasteiger charge is 2.34. The Morgan fingerprint density at radius 3 is 2.88 bits per heavy atom. The lowest BCUT2D eigenvalue weighted by atomic mass is 10.0. The lowest BCUT2D eigenvalue weighted by Gasteiger charge is -2.33. The summed E-state index contributed by atoms with van der Waals surface area (Å²) in [5.41, 5.74) is -3.51. The van der Waals surface area contributed by atoms with Crippen molar-refractivity contribution in [3.63, 3.8) is 0 Å². The van der Waals surface area contributed by atoms with Gasteiger partial charge in [-0.05, 0) is 31.7 Å². The number of carbonyl (C=O) groups is 1. The maximum Gasteiger partial charge on any atom is 0.447 e. The lowest BCUT2D eigenvalue weighted by Crippen LogP contribution is -2.46. The quantitative estimate of drug-likeness (QED) is 0.406. The zero-order valence-electron chi connectivity index (χ0n) is 17.8. The van der Waals surface area contributed by atoms with Crippen molar-refractivity contribution in [1.82, 2.24) is 24.8 Å². The summed E-state index contributed by atoms with van der Waals surface area (Å²) < 4.78 is 61.2. The molecule has 8 nitrogen and oxygen atoms in total. The van der Waals surface area contributed by atoms with Crippen LogP contribution in [-0.4, -0.2) is 63.2 Å². The molecule has 1 saturated heterocycles. The van der Waals surface area contributed by atoms with E-state index >= 15 is 0 Å². The van der Waals surface area contributed by atoms with Gasteiger partial charge in [0.25, 0.3) is 0 Å². The summed E-state index contributed by atoms with van der Waals surface area (Å²) in [6, 6.07) is 4.36. The van der Waals surface area contributed by atoms with Gasteiger partial charge in [0, 0.05) is 38.0 Å². The minimum absolute atomic E-state index is 0.0422. The Labute approximate surface area is 190 Å². The zero-order chi connectivity index (χ0) is 23.8. The molecule has 0 spiro atoms. The number of nitrogens with one attached hydrogen (secondary N) is 2. The normalized spacial score (nSPS) is 19.7. The standard InChI is InChI=1S/C20H22F4N6O2S/c1-11(31)25-9-17-27-18(28-32-17)12-8-16-15(26-14-5-7-29(2)10-13(14)21)4-3-6-30(16)19(12)33-20(22,23)24/h3-4,6,8,13-14,26H,5,7,9-10H2,1-2H3,(H,25,31)/t13-,14+/m0/s1. The molecule has 1 aliphatic heterocycles. The fourth-order valence-electron chi connectivity index (χ4n) is 3.72. The molecular formula is C20H22F4N6O2S. The third-order valence-electron chi connectivity index (χ3n) is 5.26. The van der Waals surface area contributed by atoms with E-state index < -0.39 is 17.7 Å². The van der Waals surface area contributed by atoms with Gasteiger partial charge in [0.05, 0.1) is 34.4 Å². The molecule has 0 bridgehead atoms. The van der Waals surface area contributed by atoms with Gasteiger partial charge in [0.1, 0.15) is 6.17 Å². The molecule has 2 atom stereocenters. The monoisotopic (exact) mass is 486 g/mol. The van der Waals surface area contributed by atoms with Crippen LogP contribution in [0, 0.1) is 0 Å². The summed E-state index contributed by atoms with van der Waals surface area (Å²) in [6.07, 6.45) is 0.946. The Hall–Kier alpha value is -2.80. The minimum atomic E-state index is -4.56. The van der Waals surface area contributed by atoms with E-state index in [9.17, 15) is 22.4 Å². The molecule has 33 heavy (non-hydrogen) atoms. The van der Waals surface area contributed by atoms with E-state index in [4.69, 9.17) is 4.52 Å². The van der Waals surface area contributed by atoms with Gasteiger partial charge in [-0.25, -0.2) is 4.39 Å². The molecular weight excluding hydrogens is 464 g/mol. The van der Waals surface area contributed by atoms with Gasteiger partial charge in [-0.2, -0.15) is 18.2 Å². The van der Waals surface area contributed by atoms with Crippen molar-refractivity contribution in [2.24, 2.45) is 0 Å². The first-order chi connectivity index (χ1) is 15.6. The van der Waals surface area contributed by atoms with Crippen LogP contribution in [0.25, 0.3) is 16.9 Å². The van der Waals surface area contributed by atoms with E-state index in [-0.39, 0.29) is 53.1 Å². The van der Waals surface area contributed by atoms with E-state index in [0.717, 1.165) is 0 Å². The number of hydrogen-bond acceptors (Lipinski definition) is 7. The fourth-order valence-corrected chi connectivity index (χ4v) is 4.46. The number of likely N-dealkylation sites (tertiary alicyclic amines) is 1. The SMILES string of the molecule is CC(=O)NCc1nc(-c2cc3c(N[C@@H]4CCN(C)C[C@@H]4F)cccn3c2SC(F)(F)F)no1. The number of hydrogen-bond donors (Lipinski definition) is 2. The molecule has 0 saturated carbocycles. The Morgan fingerprint density at radius 1 is 1.39 bits per heavy atom. The van der Waals surface area contributed by atoms with Crippen LogP contribution in [0.2, 0.25) is 0 Å². The number of anilines is 1. The van der Waals surface area contributed by atoms with Gasteiger partial charge < -0.3 is 24.5 Å². The number of amides is 1. The predicted molar refractivity (Wildman–Crippen MR) is 115 cm³/mol. The number of carbonyl (C=O) groups excluding carboxylic acids is 1. The summed E-state index contributed by atoms with van der Waals surface area (Å²) in [6.45, 7) is 2.26. The number of aromatic nitrogens is 3. The average molecular weight is 486 g/mol. The van der Waals surface area contributed by atoms with Gasteiger partial charge in [-0.3, -0.25) is 4.79 Å². The van der Waals surface area contributed by atoms with Gasteiger partial charge in [0.2, 0.25) is 17.6 Å². The molecule has 1 fully saturated rings. The summed E-state index contributed by atoms with van der Waals surface area (Å²) in [5.74, 6) is -0.295. The number of pyridine rings is 1. The van der Waals surface area contributed by atoms with Crippen LogP contribution in [0.1, 0.15) is 19.2 Å². The largest absolute Gasteiger partial charge is 0.447 e. The molecule has 1 amide bonds. The Bertz CT molecular complexity index is 1150. The van der Waals surface area contributed by atoms with Crippen molar-refractivity contribution < 1.29 is 26.9 Å². The fraction of sp³-hybridized carbons (Fsp3) is 0.450. The average Bonchev–Trinajstić information content (AvgIpc) is 3.33. The van der Waals surface area contributed by atoms with Crippen LogP contribution in [-0.2, 0) is 11.3 Å². The van der Waals surface area contributed by atoms with E-state index in [1.54, 1.807) is 12.1 Å². The summed E-state index contributed by atoms with van der Waals surface area (Å²) in [5, 5.41) is 9.31. The molecule has 1 aliphatic rings. The van der Waals surface area contributed by atoms with Crippen LogP contribution in [0.5, 0.6) is 0 Å². The van der Waals surface area contributed by atoms with Crippen molar-refractivity contribution in [2.45, 2.75) is 42.6 Å². The number of alkyl halides is 4. The van der Waals surface area contributed by atoms with Crippen LogP contribution in [0.4, 0.5) is 23.2 Å². The number of halogens is 4. The van der Waals surface area contributed by atoms with Gasteiger partial charge in [-0.15, -0.1) is 0 Å². The van der Waals surface area contributed by atoms with E-state index in [1.165, 1.54) is 23.6 Å². The number of thioether (sulfide) groups is 1. The highest BCUT2D eigenvalue weighted by atomic mass is 32.2. The molecule has 0 aromatic carbocycles. The highest BCUT2D eigenvalue weighted by Crippen LogP contribution is 2.43. The second-order valence-corrected chi connectivity index (χ2v) is 8.88. The van der Waals surface area contributed by atoms with Crippen LogP contribution < -0.4 is 10.6 Å². The predicted octanol–water partition coefficient (Wildman–Crippen LogP) is 3.69. The molecule has 0 aliphatic carbocycles. The number of nitrogens with zero attached hydrogens (tertiary/aromatic N) is 4. The summed E-state index contributed by atoms with van der Waals surface area (Å²) in [7, 11) is 1.84. The Balaban J connectivity index is 1.72. The molecule has 0 unspecified atom stereocenters. The van der Waals surface area contributed by atoms with Crippen molar-refractivity contribution in [3.8, 4) is 11.4 Å². The molecule has 3 aromatic rings. The maximum absolute atomic E-state index is 14.6. The topological polar surface area (TPSA) is 87.7 Å². The van der Waals surface area contributed by atoms with Gasteiger partial charge in [-0.1, -0.05) is 5.16 Å². The smallest absolute Gasteiger partial charge is 0.378 e. The third-order valence-corrected chi connectivity index (χ3v) is 6.10. The Kier molecular flexibility index (Phi) is 6.52. The van der Waals surface area contributed by atoms with Crippen LogP contribution in [0.15, 0.2) is 33.9 Å². The molecule has 13 heteroatoms. The lowest BCUT2D eigenvalue weighted by molar-refractivity contribution is -0.119. The summed E-state index contributed by atoms with van der Waals surface area (Å²) in [4.78, 5) is 17.1. The van der Waals surface area contributed by atoms with E-state index in [0.29, 0.717) is 24.2 Å². The first-order valence-electron chi connectivity index (χ1n) is 10.2. The summed E-state index contributed by atoms with van der Waals surface area (Å²) >= 11 is -0.295. The van der Waals surface area contributed by atoms with E-state index in [1.807, 2.05) is 11.9 Å². The second kappa shape index (κ2) is 9.21. The molecule has 0 radical (unpaired) electrons. The van der Waals surface area contributed by atoms with Gasteiger partial charge in [0.15, 0.2) is 0 Å². The first kappa shape index (κ1) is 23.4. The maximum atomic E-state index is 14.6. The number of rotatable bonds is 6. The second-order valence-electron chi connectivity index (χ2n) is 7.83. The van der Waals surface area contributed by atoms with Crippen molar-refractivity contribution in [1.29, 1.82) is 0 Å². The minimum Gasteiger partial charge on any atom is -0.378 e. The molecule has 3 aromatic heterocycles. The highest BCUT2D eigenvalue weighted by molar-refractivity contribution is 8.00. The molecule has 4 rings (SSSR count). The number of fused-ring (bicyclic) bond motifs is 1. The van der Waals surface area contributed by atoms with Crippen LogP contribution in [0.3, 0.4) is 0 Å². The molecule has 178 valence electrons. The zero-order valence-corrected chi connectivity index (χ0v) is 18.6. The number of piperidine rings is 1. The molecule has 4 heterocycles. The van der Waals surface area contributed by atoms with Crippen LogP contribution >= 0.6 is 11.8 Å². The van der Waals surface area contributed by atoms with Crippen molar-refractivity contribution in [3.05, 3.63) is 30.3 Å². The first-order valence-corrected chi connectivity index (χ1v) is 11.0. The van der Waals surface area contributed by atoms with Gasteiger partial charge >= 0.3 is 5.51 Å². The third kappa shape index (κ3) is 5.41. The van der Waals surface area contributed by atoms with E-state index in [2.05, 4.69) is 20.8 Å².